The Morgan fingerprint density at radius 2 is 2.20 bits per heavy atom. The molecule has 2 aliphatic rings. The van der Waals surface area contributed by atoms with Crippen LogP contribution in [0.3, 0.4) is 0 Å². The fraction of sp³-hybridized carbons (Fsp3) is 0.444. The summed E-state index contributed by atoms with van der Waals surface area (Å²) in [5.74, 6) is 1.68. The van der Waals surface area contributed by atoms with Crippen molar-refractivity contribution in [3.8, 4) is 6.07 Å². The second kappa shape index (κ2) is 7.03. The van der Waals surface area contributed by atoms with E-state index in [-0.39, 0.29) is 0 Å². The van der Waals surface area contributed by atoms with E-state index < -0.39 is 0 Å². The predicted molar refractivity (Wildman–Crippen MR) is 93.2 cm³/mol. The Morgan fingerprint density at radius 3 is 2.96 bits per heavy atom. The summed E-state index contributed by atoms with van der Waals surface area (Å²) in [5.41, 5.74) is 2.76. The lowest BCUT2D eigenvalue weighted by Gasteiger charge is -2.34. The zero-order valence-electron chi connectivity index (χ0n) is 14.0. The van der Waals surface area contributed by atoms with Crippen molar-refractivity contribution in [1.29, 1.82) is 5.26 Å². The quantitative estimate of drug-likeness (QED) is 0.916. The summed E-state index contributed by atoms with van der Waals surface area (Å²) in [6.45, 7) is 3.01. The van der Waals surface area contributed by atoms with Crippen molar-refractivity contribution >= 4 is 11.6 Å². The van der Waals surface area contributed by atoms with E-state index in [4.69, 9.17) is 9.72 Å². The van der Waals surface area contributed by atoms with Gasteiger partial charge in [0.1, 0.15) is 24.0 Å². The highest BCUT2D eigenvalue weighted by Gasteiger charge is 2.24. The summed E-state index contributed by atoms with van der Waals surface area (Å²) < 4.78 is 5.47. The lowest BCUT2D eigenvalue weighted by molar-refractivity contribution is 0.109. The van der Waals surface area contributed by atoms with Gasteiger partial charge in [0.2, 0.25) is 0 Å². The van der Waals surface area contributed by atoms with Crippen molar-refractivity contribution in [3.05, 3.63) is 41.5 Å². The first-order valence-electron chi connectivity index (χ1n) is 8.61. The number of aromatic nitrogens is 3. The third-order valence-corrected chi connectivity index (χ3v) is 4.76. The number of piperidine rings is 1. The maximum atomic E-state index is 9.51. The van der Waals surface area contributed by atoms with Crippen molar-refractivity contribution < 1.29 is 4.74 Å². The van der Waals surface area contributed by atoms with Gasteiger partial charge in [0.05, 0.1) is 24.5 Å². The van der Waals surface area contributed by atoms with Gasteiger partial charge in [0.15, 0.2) is 0 Å². The van der Waals surface area contributed by atoms with E-state index in [0.717, 1.165) is 55.2 Å². The average molecular weight is 336 g/mol. The van der Waals surface area contributed by atoms with E-state index in [2.05, 4.69) is 26.3 Å². The van der Waals surface area contributed by atoms with E-state index in [1.165, 1.54) is 0 Å². The fourth-order valence-electron chi connectivity index (χ4n) is 3.42. The van der Waals surface area contributed by atoms with Crippen molar-refractivity contribution in [3.63, 3.8) is 0 Å². The molecule has 4 heterocycles. The molecule has 0 amide bonds. The molecule has 2 aromatic heterocycles. The van der Waals surface area contributed by atoms with Crippen LogP contribution in [0.4, 0.5) is 11.6 Å². The van der Waals surface area contributed by atoms with Crippen LogP contribution in [0.5, 0.6) is 0 Å². The number of nitrogens with one attached hydrogen (secondary N) is 1. The number of nitrogens with zero attached hydrogens (tertiary/aromatic N) is 5. The van der Waals surface area contributed by atoms with Gasteiger partial charge in [-0.05, 0) is 25.0 Å². The third kappa shape index (κ3) is 3.39. The van der Waals surface area contributed by atoms with Crippen LogP contribution in [0, 0.1) is 11.3 Å². The second-order valence-electron chi connectivity index (χ2n) is 6.38. The smallest absolute Gasteiger partial charge is 0.146 e. The highest BCUT2D eigenvalue weighted by atomic mass is 16.5. The van der Waals surface area contributed by atoms with Crippen molar-refractivity contribution in [2.75, 3.05) is 29.9 Å². The number of pyridine rings is 1. The Bertz CT molecular complexity index is 780. The molecule has 0 bridgehead atoms. The molecule has 0 saturated carbocycles. The van der Waals surface area contributed by atoms with Gasteiger partial charge in [0.25, 0.3) is 0 Å². The first-order valence-corrected chi connectivity index (χ1v) is 8.61. The molecule has 2 aromatic rings. The van der Waals surface area contributed by atoms with Crippen molar-refractivity contribution in [2.24, 2.45) is 0 Å². The maximum Gasteiger partial charge on any atom is 0.146 e. The number of ether oxygens (including phenoxy) is 1. The minimum absolute atomic E-state index is 0.378. The molecule has 2 aliphatic heterocycles. The predicted octanol–water partition coefficient (Wildman–Crippen LogP) is 1.90. The van der Waals surface area contributed by atoms with Gasteiger partial charge >= 0.3 is 0 Å². The van der Waals surface area contributed by atoms with E-state index in [0.29, 0.717) is 24.8 Å². The standard InChI is InChI=1S/C18H20N6O/c19-10-13-9-14-11-25-8-4-16(14)23-18(13)24-6-2-15(3-7-24)22-17-1-5-20-12-21-17/h1,5,9,12,15H,2-4,6-8,11H2,(H,20,21,22). The van der Waals surface area contributed by atoms with Gasteiger partial charge < -0.3 is 15.0 Å². The summed E-state index contributed by atoms with van der Waals surface area (Å²) in [5, 5.41) is 13.0. The van der Waals surface area contributed by atoms with Crippen LogP contribution >= 0.6 is 0 Å². The Morgan fingerprint density at radius 1 is 1.32 bits per heavy atom. The zero-order chi connectivity index (χ0) is 17.1. The van der Waals surface area contributed by atoms with Gasteiger partial charge in [-0.2, -0.15) is 5.26 Å². The number of hydrogen-bond donors (Lipinski definition) is 1. The van der Waals surface area contributed by atoms with E-state index >= 15 is 0 Å². The minimum atomic E-state index is 0.378. The molecule has 0 atom stereocenters. The molecule has 7 heteroatoms. The number of rotatable bonds is 3. The average Bonchev–Trinajstić information content (AvgIpc) is 2.68. The molecule has 0 radical (unpaired) electrons. The number of nitriles is 1. The van der Waals surface area contributed by atoms with E-state index in [9.17, 15) is 5.26 Å². The van der Waals surface area contributed by atoms with Crippen molar-refractivity contribution in [1.82, 2.24) is 15.0 Å². The van der Waals surface area contributed by atoms with Crippen LogP contribution < -0.4 is 10.2 Å². The molecule has 1 saturated heterocycles. The zero-order valence-corrected chi connectivity index (χ0v) is 14.0. The first kappa shape index (κ1) is 15.8. The van der Waals surface area contributed by atoms with E-state index in [1.807, 2.05) is 12.1 Å². The molecular formula is C18H20N6O. The molecular weight excluding hydrogens is 316 g/mol. The van der Waals surface area contributed by atoms with Gasteiger partial charge in [-0.15, -0.1) is 0 Å². The monoisotopic (exact) mass is 336 g/mol. The lowest BCUT2D eigenvalue weighted by atomic mass is 10.0. The molecule has 0 aliphatic carbocycles. The number of fused-ring (bicyclic) bond motifs is 1. The van der Waals surface area contributed by atoms with Gasteiger partial charge in [-0.3, -0.25) is 0 Å². The molecule has 7 nitrogen and oxygen atoms in total. The van der Waals surface area contributed by atoms with E-state index in [1.54, 1.807) is 12.5 Å². The van der Waals surface area contributed by atoms with Crippen LogP contribution in [0.2, 0.25) is 0 Å². The second-order valence-corrected chi connectivity index (χ2v) is 6.38. The SMILES string of the molecule is N#Cc1cc2c(nc1N1CCC(Nc3ccncn3)CC1)CCOC2. The normalized spacial score (nSPS) is 17.6. The third-order valence-electron chi connectivity index (χ3n) is 4.76. The van der Waals surface area contributed by atoms with Crippen LogP contribution in [-0.2, 0) is 17.8 Å². The Hall–Kier alpha value is -2.72. The summed E-state index contributed by atoms with van der Waals surface area (Å²) in [7, 11) is 0. The molecule has 25 heavy (non-hydrogen) atoms. The Kier molecular flexibility index (Phi) is 4.44. The summed E-state index contributed by atoms with van der Waals surface area (Å²) in [4.78, 5) is 15.2. The molecule has 4 rings (SSSR count). The molecule has 1 N–H and O–H groups in total. The number of anilines is 2. The largest absolute Gasteiger partial charge is 0.376 e. The van der Waals surface area contributed by atoms with Crippen LogP contribution in [0.1, 0.15) is 29.7 Å². The number of hydrogen-bond acceptors (Lipinski definition) is 7. The Balaban J connectivity index is 1.46. The van der Waals surface area contributed by atoms with Crippen molar-refractivity contribution in [2.45, 2.75) is 31.9 Å². The molecule has 0 aromatic carbocycles. The molecule has 1 fully saturated rings. The molecule has 0 spiro atoms. The highest BCUT2D eigenvalue weighted by Crippen LogP contribution is 2.27. The lowest BCUT2D eigenvalue weighted by Crippen LogP contribution is -2.40. The first-order chi connectivity index (χ1) is 12.3. The topological polar surface area (TPSA) is 87.0 Å². The van der Waals surface area contributed by atoms with Crippen LogP contribution in [0.15, 0.2) is 24.7 Å². The maximum absolute atomic E-state index is 9.51. The molecule has 128 valence electrons. The summed E-state index contributed by atoms with van der Waals surface area (Å²) in [6.07, 6.45) is 6.08. The summed E-state index contributed by atoms with van der Waals surface area (Å²) >= 11 is 0. The van der Waals surface area contributed by atoms with Gasteiger partial charge in [-0.1, -0.05) is 0 Å². The summed E-state index contributed by atoms with van der Waals surface area (Å²) in [6, 6.07) is 6.51. The van der Waals surface area contributed by atoms with Gasteiger partial charge in [-0.25, -0.2) is 15.0 Å². The highest BCUT2D eigenvalue weighted by molar-refractivity contribution is 5.56. The van der Waals surface area contributed by atoms with Crippen LogP contribution in [-0.4, -0.2) is 40.7 Å². The van der Waals surface area contributed by atoms with Gasteiger partial charge in [0, 0.05) is 37.3 Å². The molecule has 0 unspecified atom stereocenters. The van der Waals surface area contributed by atoms with Crippen LogP contribution in [0.25, 0.3) is 0 Å². The fourth-order valence-corrected chi connectivity index (χ4v) is 3.42. The Labute approximate surface area is 146 Å². The minimum Gasteiger partial charge on any atom is -0.376 e.